The van der Waals surface area contributed by atoms with Gasteiger partial charge in [-0.3, -0.25) is 14.9 Å². The number of hydrogen-bond acceptors (Lipinski definition) is 3. The fourth-order valence-electron chi connectivity index (χ4n) is 1.06. The summed E-state index contributed by atoms with van der Waals surface area (Å²) in [6, 6.07) is -0.732. The summed E-state index contributed by atoms with van der Waals surface area (Å²) in [5, 5.41) is 10.4. The number of urea groups is 1. The molecule has 70 valence electrons. The standard InChI is InChI=1S/C7H8N2O4/c1-3-4(2-5(10)11)6(12)9-7(13)8-3/h4H,2H2,1H3,(H,10,11)(H,9,12,13). The summed E-state index contributed by atoms with van der Waals surface area (Å²) in [4.78, 5) is 35.5. The smallest absolute Gasteiger partial charge is 0.347 e. The van der Waals surface area contributed by atoms with Crippen molar-refractivity contribution in [3.05, 3.63) is 0 Å². The lowest BCUT2D eigenvalue weighted by molar-refractivity contribution is -0.139. The fourth-order valence-corrected chi connectivity index (χ4v) is 1.06. The normalized spacial score (nSPS) is 22.2. The summed E-state index contributed by atoms with van der Waals surface area (Å²) in [6.07, 6.45) is -0.339. The molecular weight excluding hydrogens is 176 g/mol. The average molecular weight is 184 g/mol. The second-order valence-electron chi connectivity index (χ2n) is 2.70. The molecule has 6 heteroatoms. The zero-order chi connectivity index (χ0) is 10.0. The van der Waals surface area contributed by atoms with Crippen molar-refractivity contribution >= 4 is 23.6 Å². The molecule has 3 amide bonds. The molecule has 0 fully saturated rings. The van der Waals surface area contributed by atoms with Crippen LogP contribution in [-0.4, -0.2) is 28.7 Å². The number of nitrogens with one attached hydrogen (secondary N) is 1. The summed E-state index contributed by atoms with van der Waals surface area (Å²) >= 11 is 0. The molecule has 0 aliphatic carbocycles. The van der Waals surface area contributed by atoms with Gasteiger partial charge in [0, 0.05) is 5.71 Å². The number of carboxylic acids is 1. The van der Waals surface area contributed by atoms with E-state index in [2.05, 4.69) is 4.99 Å². The number of nitrogens with zero attached hydrogens (tertiary/aromatic N) is 1. The highest BCUT2D eigenvalue weighted by atomic mass is 16.4. The molecule has 1 atom stereocenters. The fraction of sp³-hybridized carbons (Fsp3) is 0.429. The molecule has 1 aliphatic rings. The highest BCUT2D eigenvalue weighted by Gasteiger charge is 2.29. The van der Waals surface area contributed by atoms with E-state index in [-0.39, 0.29) is 12.1 Å². The summed E-state index contributed by atoms with van der Waals surface area (Å²) in [5.41, 5.74) is 0.246. The highest BCUT2D eigenvalue weighted by molar-refractivity contribution is 6.16. The van der Waals surface area contributed by atoms with Crippen molar-refractivity contribution in [1.29, 1.82) is 0 Å². The molecule has 0 aromatic carbocycles. The Hall–Kier alpha value is -1.72. The van der Waals surface area contributed by atoms with Crippen molar-refractivity contribution in [3.8, 4) is 0 Å². The van der Waals surface area contributed by atoms with Gasteiger partial charge in [-0.25, -0.2) is 9.79 Å². The van der Waals surface area contributed by atoms with Gasteiger partial charge in [-0.1, -0.05) is 0 Å². The van der Waals surface area contributed by atoms with Crippen LogP contribution in [-0.2, 0) is 9.59 Å². The summed E-state index contributed by atoms with van der Waals surface area (Å²) in [5.74, 6) is -2.51. The van der Waals surface area contributed by atoms with Crippen LogP contribution in [0.25, 0.3) is 0 Å². The number of imide groups is 1. The monoisotopic (exact) mass is 184 g/mol. The minimum Gasteiger partial charge on any atom is -0.481 e. The van der Waals surface area contributed by atoms with Crippen molar-refractivity contribution in [2.75, 3.05) is 0 Å². The molecule has 1 unspecified atom stereocenters. The van der Waals surface area contributed by atoms with E-state index in [1.54, 1.807) is 0 Å². The lowest BCUT2D eigenvalue weighted by Crippen LogP contribution is -2.43. The van der Waals surface area contributed by atoms with E-state index in [9.17, 15) is 14.4 Å². The Bertz CT molecular complexity index is 308. The molecule has 6 nitrogen and oxygen atoms in total. The van der Waals surface area contributed by atoms with Crippen molar-refractivity contribution in [2.24, 2.45) is 10.9 Å². The zero-order valence-electron chi connectivity index (χ0n) is 6.90. The topological polar surface area (TPSA) is 95.8 Å². The molecule has 0 bridgehead atoms. The first-order chi connectivity index (χ1) is 6.00. The number of carboxylic acid groups (broad SMARTS) is 1. The molecule has 1 aliphatic heterocycles. The number of rotatable bonds is 2. The van der Waals surface area contributed by atoms with Gasteiger partial charge in [0.15, 0.2) is 0 Å². The molecule has 0 saturated heterocycles. The van der Waals surface area contributed by atoms with Crippen LogP contribution in [0.2, 0.25) is 0 Å². The van der Waals surface area contributed by atoms with Gasteiger partial charge in [0.2, 0.25) is 5.91 Å². The lowest BCUT2D eigenvalue weighted by Gasteiger charge is -2.17. The second kappa shape index (κ2) is 3.34. The Morgan fingerprint density at radius 1 is 1.62 bits per heavy atom. The summed E-state index contributed by atoms with van der Waals surface area (Å²) in [7, 11) is 0. The van der Waals surface area contributed by atoms with E-state index in [0.717, 1.165) is 0 Å². The van der Waals surface area contributed by atoms with Gasteiger partial charge in [0.1, 0.15) is 0 Å². The molecular formula is C7H8N2O4. The molecule has 1 heterocycles. The van der Waals surface area contributed by atoms with Crippen LogP contribution in [0, 0.1) is 5.92 Å². The minimum absolute atomic E-state index is 0.246. The Morgan fingerprint density at radius 3 is 2.69 bits per heavy atom. The van der Waals surface area contributed by atoms with Gasteiger partial charge in [-0.05, 0) is 6.92 Å². The predicted octanol–water partition coefficient (Wildman–Crippen LogP) is -0.212. The van der Waals surface area contributed by atoms with E-state index >= 15 is 0 Å². The van der Waals surface area contributed by atoms with Crippen molar-refractivity contribution in [2.45, 2.75) is 13.3 Å². The van der Waals surface area contributed by atoms with E-state index in [1.807, 2.05) is 5.32 Å². The van der Waals surface area contributed by atoms with Crippen molar-refractivity contribution in [1.82, 2.24) is 5.32 Å². The van der Waals surface area contributed by atoms with E-state index in [0.29, 0.717) is 0 Å². The van der Waals surface area contributed by atoms with Crippen LogP contribution < -0.4 is 5.32 Å². The Kier molecular flexibility index (Phi) is 2.41. The van der Waals surface area contributed by atoms with E-state index in [4.69, 9.17) is 5.11 Å². The Labute approximate surface area is 73.6 Å². The number of hydrogen-bond donors (Lipinski definition) is 2. The largest absolute Gasteiger partial charge is 0.481 e. The second-order valence-corrected chi connectivity index (χ2v) is 2.70. The number of aliphatic carboxylic acids is 1. The Morgan fingerprint density at radius 2 is 2.23 bits per heavy atom. The van der Waals surface area contributed by atoms with Crippen LogP contribution in [0.15, 0.2) is 4.99 Å². The van der Waals surface area contributed by atoms with Crippen LogP contribution in [0.3, 0.4) is 0 Å². The molecule has 13 heavy (non-hydrogen) atoms. The molecule has 2 N–H and O–H groups in total. The molecule has 0 aromatic heterocycles. The molecule has 0 spiro atoms. The Balaban J connectivity index is 2.84. The van der Waals surface area contributed by atoms with E-state index < -0.39 is 23.8 Å². The summed E-state index contributed by atoms with van der Waals surface area (Å²) < 4.78 is 0. The average Bonchev–Trinajstić information content (AvgIpc) is 1.96. The molecule has 1 rings (SSSR count). The molecule has 0 radical (unpaired) electrons. The van der Waals surface area contributed by atoms with Gasteiger partial charge < -0.3 is 5.11 Å². The quantitative estimate of drug-likeness (QED) is 0.620. The number of carbonyl (C=O) groups excluding carboxylic acids is 2. The highest BCUT2D eigenvalue weighted by Crippen LogP contribution is 2.10. The van der Waals surface area contributed by atoms with Crippen LogP contribution in [0.4, 0.5) is 4.79 Å². The maximum Gasteiger partial charge on any atom is 0.347 e. The molecule has 0 saturated carbocycles. The van der Waals surface area contributed by atoms with Crippen molar-refractivity contribution in [3.63, 3.8) is 0 Å². The van der Waals surface area contributed by atoms with Crippen LogP contribution >= 0.6 is 0 Å². The maximum absolute atomic E-state index is 11.1. The van der Waals surface area contributed by atoms with Gasteiger partial charge in [-0.2, -0.15) is 0 Å². The minimum atomic E-state index is -1.09. The third-order valence-electron chi connectivity index (χ3n) is 1.71. The van der Waals surface area contributed by atoms with Gasteiger partial charge in [-0.15, -0.1) is 0 Å². The number of carbonyl (C=O) groups is 3. The van der Waals surface area contributed by atoms with Gasteiger partial charge in [0.25, 0.3) is 0 Å². The maximum atomic E-state index is 11.1. The first-order valence-corrected chi connectivity index (χ1v) is 3.62. The van der Waals surface area contributed by atoms with Gasteiger partial charge in [0.05, 0.1) is 12.3 Å². The predicted molar refractivity (Wildman–Crippen MR) is 42.4 cm³/mol. The first kappa shape index (κ1) is 9.37. The van der Waals surface area contributed by atoms with Crippen molar-refractivity contribution < 1.29 is 19.5 Å². The van der Waals surface area contributed by atoms with Crippen LogP contribution in [0.5, 0.6) is 0 Å². The van der Waals surface area contributed by atoms with Crippen LogP contribution in [0.1, 0.15) is 13.3 Å². The first-order valence-electron chi connectivity index (χ1n) is 3.62. The third-order valence-corrected chi connectivity index (χ3v) is 1.71. The summed E-state index contributed by atoms with van der Waals surface area (Å²) in [6.45, 7) is 1.46. The van der Waals surface area contributed by atoms with E-state index in [1.165, 1.54) is 6.92 Å². The molecule has 0 aromatic rings. The lowest BCUT2D eigenvalue weighted by atomic mass is 9.98. The SMILES string of the molecule is CC1=NC(=O)NC(=O)C1CC(=O)O. The third kappa shape index (κ3) is 2.11. The zero-order valence-corrected chi connectivity index (χ0v) is 6.90. The van der Waals surface area contributed by atoms with Gasteiger partial charge >= 0.3 is 12.0 Å². The number of amides is 3. The number of aliphatic imine (C=N–C) groups is 1.